The van der Waals surface area contributed by atoms with Crippen LogP contribution in [0.4, 0.5) is 10.5 Å². The Morgan fingerprint density at radius 2 is 1.40 bits per heavy atom. The van der Waals surface area contributed by atoms with E-state index in [0.29, 0.717) is 11.8 Å². The maximum atomic E-state index is 12.3. The summed E-state index contributed by atoms with van der Waals surface area (Å²) in [6.07, 6.45) is -0.439. The summed E-state index contributed by atoms with van der Waals surface area (Å²) in [6.45, 7) is 10.3. The van der Waals surface area contributed by atoms with Gasteiger partial charge in [0, 0.05) is 5.69 Å². The van der Waals surface area contributed by atoms with E-state index in [0.717, 1.165) is 22.6 Å². The fourth-order valence-corrected chi connectivity index (χ4v) is 2.74. The lowest BCUT2D eigenvalue weighted by atomic mass is 10.0. The molecule has 0 aromatic heterocycles. The van der Waals surface area contributed by atoms with Crippen molar-refractivity contribution in [1.82, 2.24) is 5.32 Å². The van der Waals surface area contributed by atoms with Crippen LogP contribution in [-0.2, 0) is 0 Å². The Balaban J connectivity index is 2.00. The Bertz CT molecular complexity index is 711. The van der Waals surface area contributed by atoms with E-state index in [1.807, 2.05) is 55.5 Å². The first-order valence-corrected chi connectivity index (χ1v) is 8.80. The first-order valence-electron chi connectivity index (χ1n) is 8.80. The number of hydrogen-bond donors (Lipinski definition) is 2. The second kappa shape index (κ2) is 8.56. The lowest BCUT2D eigenvalue weighted by Crippen LogP contribution is -2.39. The van der Waals surface area contributed by atoms with E-state index in [1.165, 1.54) is 0 Å². The third kappa shape index (κ3) is 5.24. The molecule has 1 atom stereocenters. The summed E-state index contributed by atoms with van der Waals surface area (Å²) < 4.78 is 5.92. The summed E-state index contributed by atoms with van der Waals surface area (Å²) in [5, 5.41) is 5.75. The zero-order valence-electron chi connectivity index (χ0n) is 15.7. The molecule has 2 N–H and O–H groups in total. The minimum absolute atomic E-state index is 0.275. The van der Waals surface area contributed by atoms with Gasteiger partial charge >= 0.3 is 6.03 Å². The van der Waals surface area contributed by atoms with E-state index in [4.69, 9.17) is 4.74 Å². The highest BCUT2D eigenvalue weighted by atomic mass is 16.5. The van der Waals surface area contributed by atoms with Gasteiger partial charge in [-0.05, 0) is 42.0 Å². The molecule has 2 aromatic rings. The van der Waals surface area contributed by atoms with E-state index in [2.05, 4.69) is 38.3 Å². The molecule has 1 unspecified atom stereocenters. The van der Waals surface area contributed by atoms with E-state index in [1.54, 1.807) is 0 Å². The van der Waals surface area contributed by atoms with Crippen molar-refractivity contribution in [2.24, 2.45) is 0 Å². The average Bonchev–Trinajstić information content (AvgIpc) is 2.55. The molecule has 134 valence electrons. The molecular weight excluding hydrogens is 312 g/mol. The fourth-order valence-electron chi connectivity index (χ4n) is 2.74. The van der Waals surface area contributed by atoms with Crippen LogP contribution in [0.1, 0.15) is 57.6 Å². The molecule has 2 aromatic carbocycles. The molecule has 0 heterocycles. The normalized spacial score (nSPS) is 12.1. The summed E-state index contributed by atoms with van der Waals surface area (Å²) in [5.41, 5.74) is 3.06. The lowest BCUT2D eigenvalue weighted by Gasteiger charge is -2.21. The molecule has 0 radical (unpaired) electrons. The molecule has 4 nitrogen and oxygen atoms in total. The van der Waals surface area contributed by atoms with E-state index in [-0.39, 0.29) is 6.03 Å². The fraction of sp³-hybridized carbons (Fsp3) is 0.381. The molecule has 0 fully saturated rings. The van der Waals surface area contributed by atoms with Gasteiger partial charge < -0.3 is 15.4 Å². The molecule has 2 amide bonds. The van der Waals surface area contributed by atoms with Crippen molar-refractivity contribution in [2.45, 2.75) is 52.7 Å². The van der Waals surface area contributed by atoms with Crippen LogP contribution in [0.2, 0.25) is 0 Å². The first-order chi connectivity index (χ1) is 11.9. The van der Waals surface area contributed by atoms with Crippen molar-refractivity contribution in [3.05, 3.63) is 59.7 Å². The molecule has 0 aliphatic rings. The lowest BCUT2D eigenvalue weighted by molar-refractivity contribution is 0.181. The van der Waals surface area contributed by atoms with Gasteiger partial charge in [0.05, 0.1) is 0 Å². The Morgan fingerprint density at radius 1 is 0.840 bits per heavy atom. The number of anilines is 1. The quantitative estimate of drug-likeness (QED) is 0.684. The zero-order valence-corrected chi connectivity index (χ0v) is 15.7. The molecule has 0 bridgehead atoms. The molecular formula is C21H28N2O2. The van der Waals surface area contributed by atoms with Crippen molar-refractivity contribution >= 4 is 11.7 Å². The molecule has 0 spiro atoms. The number of rotatable bonds is 6. The number of carbonyl (C=O) groups excluding carboxylic acids is 1. The van der Waals surface area contributed by atoms with Gasteiger partial charge in [0.25, 0.3) is 0 Å². The topological polar surface area (TPSA) is 50.4 Å². The number of nitrogens with one attached hydrogen (secondary N) is 2. The van der Waals surface area contributed by atoms with Gasteiger partial charge in [0.2, 0.25) is 0 Å². The van der Waals surface area contributed by atoms with Gasteiger partial charge in [-0.2, -0.15) is 0 Å². The minimum atomic E-state index is -0.439. The van der Waals surface area contributed by atoms with Crippen LogP contribution in [-0.4, -0.2) is 12.3 Å². The van der Waals surface area contributed by atoms with Crippen LogP contribution in [0.25, 0.3) is 0 Å². The van der Waals surface area contributed by atoms with Gasteiger partial charge in [0.15, 0.2) is 6.23 Å². The SMILES string of the molecule is CC(NC(=O)Nc1ccccc1C(C)C)Oc1ccccc1C(C)C. The summed E-state index contributed by atoms with van der Waals surface area (Å²) >= 11 is 0. The van der Waals surface area contributed by atoms with Crippen LogP contribution < -0.4 is 15.4 Å². The number of hydrogen-bond acceptors (Lipinski definition) is 2. The molecule has 0 aliphatic carbocycles. The second-order valence-electron chi connectivity index (χ2n) is 6.79. The summed E-state index contributed by atoms with van der Waals surface area (Å²) in [7, 11) is 0. The number of para-hydroxylation sites is 2. The number of urea groups is 1. The monoisotopic (exact) mass is 340 g/mol. The van der Waals surface area contributed by atoms with Crippen LogP contribution in [0.15, 0.2) is 48.5 Å². The van der Waals surface area contributed by atoms with Crippen LogP contribution in [0, 0.1) is 0 Å². The van der Waals surface area contributed by atoms with E-state index < -0.39 is 6.23 Å². The van der Waals surface area contributed by atoms with Crippen molar-refractivity contribution < 1.29 is 9.53 Å². The minimum Gasteiger partial charge on any atom is -0.471 e. The number of ether oxygens (including phenoxy) is 1. The van der Waals surface area contributed by atoms with E-state index in [9.17, 15) is 4.79 Å². The zero-order chi connectivity index (χ0) is 18.4. The molecule has 0 saturated heterocycles. The highest BCUT2D eigenvalue weighted by Gasteiger charge is 2.14. The Kier molecular flexibility index (Phi) is 6.45. The third-order valence-corrected chi connectivity index (χ3v) is 4.01. The van der Waals surface area contributed by atoms with E-state index >= 15 is 0 Å². The van der Waals surface area contributed by atoms with Crippen LogP contribution in [0.3, 0.4) is 0 Å². The molecule has 0 aliphatic heterocycles. The molecule has 25 heavy (non-hydrogen) atoms. The van der Waals surface area contributed by atoms with Gasteiger partial charge in [-0.25, -0.2) is 4.79 Å². The third-order valence-electron chi connectivity index (χ3n) is 4.01. The summed E-state index contributed by atoms with van der Waals surface area (Å²) in [4.78, 5) is 12.3. The van der Waals surface area contributed by atoms with Gasteiger partial charge in [-0.15, -0.1) is 0 Å². The predicted molar refractivity (Wildman–Crippen MR) is 103 cm³/mol. The van der Waals surface area contributed by atoms with Gasteiger partial charge in [-0.3, -0.25) is 0 Å². The summed E-state index contributed by atoms with van der Waals surface area (Å²) in [6, 6.07) is 15.5. The van der Waals surface area contributed by atoms with Crippen molar-refractivity contribution in [3.8, 4) is 5.75 Å². The maximum absolute atomic E-state index is 12.3. The van der Waals surface area contributed by atoms with Crippen molar-refractivity contribution in [2.75, 3.05) is 5.32 Å². The first kappa shape index (κ1) is 18.8. The molecule has 2 rings (SSSR count). The number of carbonyl (C=O) groups is 1. The highest BCUT2D eigenvalue weighted by molar-refractivity contribution is 5.90. The largest absolute Gasteiger partial charge is 0.471 e. The molecule has 4 heteroatoms. The number of amides is 2. The highest BCUT2D eigenvalue weighted by Crippen LogP contribution is 2.26. The second-order valence-corrected chi connectivity index (χ2v) is 6.79. The number of benzene rings is 2. The van der Waals surface area contributed by atoms with Gasteiger partial charge in [-0.1, -0.05) is 64.1 Å². The Morgan fingerprint density at radius 3 is 2.04 bits per heavy atom. The smallest absolute Gasteiger partial charge is 0.322 e. The Labute approximate surface area is 150 Å². The predicted octanol–water partition coefficient (Wildman–Crippen LogP) is 5.48. The van der Waals surface area contributed by atoms with Crippen molar-refractivity contribution in [1.29, 1.82) is 0 Å². The maximum Gasteiger partial charge on any atom is 0.322 e. The molecule has 0 saturated carbocycles. The standard InChI is InChI=1S/C21H28N2O2/c1-14(2)17-10-6-8-12-19(17)23-21(24)22-16(5)25-20-13-9-7-11-18(20)15(3)4/h6-16H,1-5H3,(H2,22,23,24). The summed E-state index contributed by atoms with van der Waals surface area (Å²) in [5.74, 6) is 1.49. The van der Waals surface area contributed by atoms with Crippen LogP contribution >= 0.6 is 0 Å². The average molecular weight is 340 g/mol. The Hall–Kier alpha value is -2.49. The van der Waals surface area contributed by atoms with Crippen molar-refractivity contribution in [3.63, 3.8) is 0 Å². The van der Waals surface area contributed by atoms with Crippen LogP contribution in [0.5, 0.6) is 5.75 Å². The van der Waals surface area contributed by atoms with Gasteiger partial charge in [0.1, 0.15) is 5.75 Å².